The van der Waals surface area contributed by atoms with Gasteiger partial charge in [-0.2, -0.15) is 0 Å². The molecule has 8 heteroatoms. The first kappa shape index (κ1) is 27.2. The Labute approximate surface area is 222 Å². The van der Waals surface area contributed by atoms with E-state index in [2.05, 4.69) is 22.5 Å². The van der Waals surface area contributed by atoms with Crippen molar-refractivity contribution in [1.82, 2.24) is 20.4 Å². The van der Waals surface area contributed by atoms with Crippen molar-refractivity contribution in [2.45, 2.75) is 121 Å². The third-order valence-electron chi connectivity index (χ3n) is 10.6. The number of rotatable bonds is 5. The van der Waals surface area contributed by atoms with Crippen LogP contribution in [0.4, 0.5) is 9.18 Å². The van der Waals surface area contributed by atoms with Gasteiger partial charge in [0.25, 0.3) is 0 Å². The highest BCUT2D eigenvalue weighted by atomic mass is 19.1. The van der Waals surface area contributed by atoms with Gasteiger partial charge in [-0.15, -0.1) is 0 Å². The third kappa shape index (κ3) is 5.52. The minimum absolute atomic E-state index is 0.0850. The fourth-order valence-corrected chi connectivity index (χ4v) is 8.67. The molecule has 5 aliphatic rings. The summed E-state index contributed by atoms with van der Waals surface area (Å²) in [5, 5.41) is 7.09. The van der Waals surface area contributed by atoms with Crippen molar-refractivity contribution < 1.29 is 18.7 Å². The van der Waals surface area contributed by atoms with Crippen LogP contribution in [0.25, 0.3) is 0 Å². The molecule has 210 valence electrons. The zero-order valence-electron chi connectivity index (χ0n) is 23.1. The quantitative estimate of drug-likeness (QED) is 0.567. The SMILES string of the molecule is CCOC(=O)N1CCN(C2CCC[C@@H](NC(=O)C3CC4(C5CCCCC5)C(F)CCC(C)C4N3)C2)CC1. The number of ether oxygens (including phenoxy) is 1. The fourth-order valence-electron chi connectivity index (χ4n) is 8.67. The Bertz CT molecular complexity index is 800. The molecule has 5 fully saturated rings. The fraction of sp³-hybridized carbons (Fsp3) is 0.931. The van der Waals surface area contributed by atoms with Gasteiger partial charge in [-0.1, -0.05) is 26.2 Å². The Morgan fingerprint density at radius 3 is 2.49 bits per heavy atom. The van der Waals surface area contributed by atoms with Gasteiger partial charge in [0.2, 0.25) is 5.91 Å². The molecular weight excluding hydrogens is 471 g/mol. The predicted molar refractivity (Wildman–Crippen MR) is 142 cm³/mol. The number of fused-ring (bicyclic) bond motifs is 1. The van der Waals surface area contributed by atoms with Gasteiger partial charge in [0.1, 0.15) is 6.17 Å². The first-order valence-electron chi connectivity index (χ1n) is 15.3. The lowest BCUT2D eigenvalue weighted by molar-refractivity contribution is -0.124. The maximum absolute atomic E-state index is 15.8. The van der Waals surface area contributed by atoms with Crippen molar-refractivity contribution >= 4 is 12.0 Å². The zero-order chi connectivity index (χ0) is 26.0. The summed E-state index contributed by atoms with van der Waals surface area (Å²) in [6, 6.07) is 0.443. The molecule has 0 spiro atoms. The topological polar surface area (TPSA) is 73.9 Å². The van der Waals surface area contributed by atoms with Gasteiger partial charge in [-0.05, 0) is 76.5 Å². The summed E-state index contributed by atoms with van der Waals surface area (Å²) in [7, 11) is 0. The summed E-state index contributed by atoms with van der Waals surface area (Å²) in [4.78, 5) is 29.9. The average Bonchev–Trinajstić information content (AvgIpc) is 3.35. The van der Waals surface area contributed by atoms with Gasteiger partial charge in [-0.3, -0.25) is 9.69 Å². The summed E-state index contributed by atoms with van der Waals surface area (Å²) in [5.74, 6) is 0.905. The molecule has 0 aromatic rings. The minimum Gasteiger partial charge on any atom is -0.450 e. The summed E-state index contributed by atoms with van der Waals surface area (Å²) >= 11 is 0. The third-order valence-corrected chi connectivity index (χ3v) is 10.6. The van der Waals surface area contributed by atoms with Gasteiger partial charge in [0.05, 0.1) is 12.6 Å². The number of piperazine rings is 1. The number of carbonyl (C=O) groups is 2. The van der Waals surface area contributed by atoms with Crippen molar-refractivity contribution in [3.8, 4) is 0 Å². The highest BCUT2D eigenvalue weighted by Crippen LogP contribution is 2.56. The van der Waals surface area contributed by atoms with Crippen molar-refractivity contribution in [3.63, 3.8) is 0 Å². The van der Waals surface area contributed by atoms with E-state index >= 15 is 4.39 Å². The molecular formula is C29H49FN4O3. The number of halogens is 1. The van der Waals surface area contributed by atoms with E-state index in [1.807, 2.05) is 6.92 Å². The molecule has 37 heavy (non-hydrogen) atoms. The molecule has 0 bridgehead atoms. The van der Waals surface area contributed by atoms with E-state index in [4.69, 9.17) is 4.74 Å². The highest BCUT2D eigenvalue weighted by molar-refractivity contribution is 5.82. The molecule has 2 aliphatic heterocycles. The molecule has 5 rings (SSSR count). The van der Waals surface area contributed by atoms with Gasteiger partial charge in [0, 0.05) is 49.7 Å². The van der Waals surface area contributed by atoms with Crippen LogP contribution in [0, 0.1) is 17.3 Å². The second-order valence-electron chi connectivity index (χ2n) is 12.6. The first-order valence-corrected chi connectivity index (χ1v) is 15.3. The molecule has 3 aliphatic carbocycles. The second-order valence-corrected chi connectivity index (χ2v) is 12.6. The average molecular weight is 521 g/mol. The van der Waals surface area contributed by atoms with Gasteiger partial charge >= 0.3 is 6.09 Å². The van der Waals surface area contributed by atoms with E-state index < -0.39 is 6.17 Å². The lowest BCUT2D eigenvalue weighted by Gasteiger charge is -2.51. The van der Waals surface area contributed by atoms with Crippen LogP contribution >= 0.6 is 0 Å². The lowest BCUT2D eigenvalue weighted by atomic mass is 9.56. The van der Waals surface area contributed by atoms with E-state index in [0.29, 0.717) is 50.4 Å². The van der Waals surface area contributed by atoms with Crippen LogP contribution in [-0.2, 0) is 9.53 Å². The summed E-state index contributed by atoms with van der Waals surface area (Å²) in [6.07, 6.45) is 11.3. The standard InChI is InChI=1S/C29H49FN4O3/c1-3-37-28(36)34-16-14-33(15-17-34)23-11-7-10-22(18-23)31-27(35)24-19-29(21-8-5-4-6-9-21)25(30)13-12-20(2)26(29)32-24/h20-26,32H,3-19H2,1-2H3,(H,31,35)/t20?,22-,23?,24?,25?,26?,29?/m1/s1. The highest BCUT2D eigenvalue weighted by Gasteiger charge is 2.60. The minimum atomic E-state index is -0.797. The van der Waals surface area contributed by atoms with E-state index in [-0.39, 0.29) is 35.5 Å². The number of amides is 2. The molecule has 2 saturated heterocycles. The number of hydrogen-bond donors (Lipinski definition) is 2. The molecule has 2 amide bonds. The molecule has 0 aromatic heterocycles. The molecule has 0 radical (unpaired) electrons. The van der Waals surface area contributed by atoms with Crippen LogP contribution in [0.3, 0.4) is 0 Å². The molecule has 6 unspecified atom stereocenters. The van der Waals surface area contributed by atoms with Crippen molar-refractivity contribution in [3.05, 3.63) is 0 Å². The summed E-state index contributed by atoms with van der Waals surface area (Å²) in [6.45, 7) is 7.62. The molecule has 2 N–H and O–H groups in total. The van der Waals surface area contributed by atoms with E-state index in [9.17, 15) is 9.59 Å². The van der Waals surface area contributed by atoms with Crippen LogP contribution in [0.5, 0.6) is 0 Å². The number of hydrogen-bond acceptors (Lipinski definition) is 5. The normalized spacial score (nSPS) is 39.7. The van der Waals surface area contributed by atoms with Crippen LogP contribution in [-0.4, -0.2) is 84.9 Å². The maximum atomic E-state index is 15.8. The van der Waals surface area contributed by atoms with Crippen LogP contribution in [0.2, 0.25) is 0 Å². The first-order chi connectivity index (χ1) is 17.9. The van der Waals surface area contributed by atoms with Gasteiger partial charge < -0.3 is 20.3 Å². The van der Waals surface area contributed by atoms with Crippen molar-refractivity contribution in [2.75, 3.05) is 32.8 Å². The lowest BCUT2D eigenvalue weighted by Crippen LogP contribution is -2.56. The van der Waals surface area contributed by atoms with E-state index in [1.54, 1.807) is 4.90 Å². The Balaban J connectivity index is 1.18. The Kier molecular flexibility index (Phi) is 8.64. The number of carbonyl (C=O) groups excluding carboxylic acids is 2. The molecule has 2 heterocycles. The van der Waals surface area contributed by atoms with Gasteiger partial charge in [0.15, 0.2) is 0 Å². The Morgan fingerprint density at radius 1 is 1.00 bits per heavy atom. The van der Waals surface area contributed by atoms with E-state index in [1.165, 1.54) is 19.3 Å². The monoisotopic (exact) mass is 520 g/mol. The Morgan fingerprint density at radius 2 is 1.76 bits per heavy atom. The zero-order valence-corrected chi connectivity index (χ0v) is 23.1. The molecule has 0 aromatic carbocycles. The predicted octanol–water partition coefficient (Wildman–Crippen LogP) is 4.25. The second kappa shape index (κ2) is 11.8. The van der Waals surface area contributed by atoms with Gasteiger partial charge in [-0.25, -0.2) is 9.18 Å². The van der Waals surface area contributed by atoms with E-state index in [0.717, 1.165) is 58.0 Å². The van der Waals surface area contributed by atoms with Crippen LogP contribution < -0.4 is 10.6 Å². The van der Waals surface area contributed by atoms with Crippen molar-refractivity contribution in [1.29, 1.82) is 0 Å². The largest absolute Gasteiger partial charge is 0.450 e. The Hall–Kier alpha value is -1.41. The van der Waals surface area contributed by atoms with Crippen LogP contribution in [0.1, 0.15) is 90.9 Å². The molecule has 3 saturated carbocycles. The smallest absolute Gasteiger partial charge is 0.409 e. The maximum Gasteiger partial charge on any atom is 0.409 e. The van der Waals surface area contributed by atoms with Crippen molar-refractivity contribution in [2.24, 2.45) is 17.3 Å². The number of nitrogens with one attached hydrogen (secondary N) is 2. The number of alkyl halides is 1. The summed E-state index contributed by atoms with van der Waals surface area (Å²) in [5.41, 5.74) is -0.367. The molecule has 7 atom stereocenters. The summed E-state index contributed by atoms with van der Waals surface area (Å²) < 4.78 is 21.0. The molecule has 7 nitrogen and oxygen atoms in total. The van der Waals surface area contributed by atoms with Crippen LogP contribution in [0.15, 0.2) is 0 Å². The number of nitrogens with zero attached hydrogens (tertiary/aromatic N) is 2.